The summed E-state index contributed by atoms with van der Waals surface area (Å²) in [6, 6.07) is -0.925. The fourth-order valence-electron chi connectivity index (χ4n) is 4.19. The van der Waals surface area contributed by atoms with Crippen LogP contribution in [0.2, 0.25) is 0 Å². The van der Waals surface area contributed by atoms with E-state index < -0.39 is 17.1 Å². The first-order valence-electron chi connectivity index (χ1n) is 9.16. The molecule has 2 aliphatic carbocycles. The molecule has 0 atom stereocenters. The van der Waals surface area contributed by atoms with Crippen molar-refractivity contribution in [3.8, 4) is 0 Å². The molecule has 144 valence electrons. The molecule has 0 spiro atoms. The molecule has 0 aliphatic heterocycles. The first-order chi connectivity index (χ1) is 13.0. The second kappa shape index (κ2) is 8.24. The minimum Gasteiger partial charge on any atom is -0.259 e. The molecule has 2 fully saturated rings. The maximum Gasteiger partial charge on any atom is 0.336 e. The molecule has 1 heterocycles. The minimum atomic E-state index is -0.706. The molecule has 0 bridgehead atoms. The molecule has 10 nitrogen and oxygen atoms in total. The number of nitrogens with one attached hydrogen (secondary N) is 1. The summed E-state index contributed by atoms with van der Waals surface area (Å²) in [5.74, 6) is 0. The van der Waals surface area contributed by atoms with Crippen molar-refractivity contribution in [3.05, 3.63) is 31.5 Å². The summed E-state index contributed by atoms with van der Waals surface area (Å²) in [6.45, 7) is 0. The number of aromatic amines is 1. The summed E-state index contributed by atoms with van der Waals surface area (Å²) in [7, 11) is 0. The topological polar surface area (TPSA) is 136 Å². The molecule has 0 amide bonds. The van der Waals surface area contributed by atoms with Crippen molar-refractivity contribution < 1.29 is 9.59 Å². The number of carbonyl (C=O) groups excluding carboxylic acids is 2. The zero-order valence-corrected chi connectivity index (χ0v) is 14.8. The van der Waals surface area contributed by atoms with Gasteiger partial charge in [-0.1, -0.05) is 0 Å². The van der Waals surface area contributed by atoms with Gasteiger partial charge in [-0.15, -0.1) is 0 Å². The number of hydrogen-bond acceptors (Lipinski definition) is 7. The van der Waals surface area contributed by atoms with Gasteiger partial charge in [0, 0.05) is 12.1 Å². The monoisotopic (exact) mass is 375 g/mol. The average molecular weight is 375 g/mol. The van der Waals surface area contributed by atoms with Crippen molar-refractivity contribution in [2.45, 2.75) is 75.5 Å². The van der Waals surface area contributed by atoms with Crippen LogP contribution in [-0.4, -0.2) is 38.4 Å². The van der Waals surface area contributed by atoms with Crippen LogP contribution < -0.4 is 17.1 Å². The lowest BCUT2D eigenvalue weighted by Crippen LogP contribution is -2.52. The van der Waals surface area contributed by atoms with Crippen LogP contribution in [0.4, 0.5) is 0 Å². The molecule has 1 aromatic rings. The van der Waals surface area contributed by atoms with Crippen LogP contribution in [0.25, 0.3) is 0 Å². The highest BCUT2D eigenvalue weighted by molar-refractivity contribution is 5.33. The Kier molecular flexibility index (Phi) is 5.78. The zero-order valence-electron chi connectivity index (χ0n) is 14.8. The maximum atomic E-state index is 13.0. The number of nitrogens with zero attached hydrogens (tertiary/aromatic N) is 4. The number of aromatic nitrogens is 3. The fraction of sp³-hybridized carbons (Fsp3) is 0.706. The van der Waals surface area contributed by atoms with Crippen LogP contribution in [0.15, 0.2) is 24.4 Å². The van der Waals surface area contributed by atoms with E-state index in [-0.39, 0.29) is 24.2 Å². The fourth-order valence-corrected chi connectivity index (χ4v) is 4.19. The van der Waals surface area contributed by atoms with Crippen molar-refractivity contribution >= 4 is 12.2 Å². The molecule has 1 N–H and O–H groups in total. The van der Waals surface area contributed by atoms with Gasteiger partial charge >= 0.3 is 17.1 Å². The summed E-state index contributed by atoms with van der Waals surface area (Å²) >= 11 is 0. The SMILES string of the molecule is O=C=NC1CCC(n2c(=O)[nH]c(=O)n(C3CCC(N=C=O)CC3)c2=O)CC1. The molecule has 0 radical (unpaired) electrons. The van der Waals surface area contributed by atoms with Crippen molar-refractivity contribution in [2.24, 2.45) is 9.98 Å². The molecule has 1 aromatic heterocycles. The molecule has 0 saturated heterocycles. The molecular weight excluding hydrogens is 354 g/mol. The Labute approximate surface area is 153 Å². The van der Waals surface area contributed by atoms with E-state index in [1.54, 1.807) is 12.2 Å². The maximum absolute atomic E-state index is 13.0. The van der Waals surface area contributed by atoms with E-state index in [1.807, 2.05) is 0 Å². The van der Waals surface area contributed by atoms with E-state index in [9.17, 15) is 24.0 Å². The Balaban J connectivity index is 1.87. The van der Waals surface area contributed by atoms with Gasteiger partial charge in [0.25, 0.3) is 0 Å². The van der Waals surface area contributed by atoms with E-state index in [4.69, 9.17) is 0 Å². The predicted octanol–water partition coefficient (Wildman–Crippen LogP) is 0.337. The molecular formula is C17H21N5O5. The number of aliphatic imine (C=N–C) groups is 2. The highest BCUT2D eigenvalue weighted by Crippen LogP contribution is 2.29. The van der Waals surface area contributed by atoms with Gasteiger partial charge in [-0.05, 0) is 51.4 Å². The Morgan fingerprint density at radius 3 is 1.41 bits per heavy atom. The van der Waals surface area contributed by atoms with Crippen molar-refractivity contribution in [1.29, 1.82) is 0 Å². The van der Waals surface area contributed by atoms with Crippen molar-refractivity contribution in [2.75, 3.05) is 0 Å². The molecule has 0 aromatic carbocycles. The van der Waals surface area contributed by atoms with Gasteiger partial charge < -0.3 is 0 Å². The normalized spacial score (nSPS) is 28.0. The van der Waals surface area contributed by atoms with Gasteiger partial charge in [0.1, 0.15) is 0 Å². The Morgan fingerprint density at radius 1 is 0.704 bits per heavy atom. The van der Waals surface area contributed by atoms with Gasteiger partial charge in [0.15, 0.2) is 0 Å². The smallest absolute Gasteiger partial charge is 0.259 e. The first kappa shape index (κ1) is 18.9. The minimum absolute atomic E-state index is 0.131. The summed E-state index contributed by atoms with van der Waals surface area (Å²) in [5.41, 5.74) is -2.01. The highest BCUT2D eigenvalue weighted by Gasteiger charge is 2.29. The molecule has 10 heteroatoms. The summed E-state index contributed by atoms with van der Waals surface area (Å²) in [4.78, 5) is 68.0. The number of hydrogen-bond donors (Lipinski definition) is 1. The molecule has 2 saturated carbocycles. The van der Waals surface area contributed by atoms with Crippen molar-refractivity contribution in [1.82, 2.24) is 14.1 Å². The molecule has 2 aliphatic rings. The zero-order chi connectivity index (χ0) is 19.4. The van der Waals surface area contributed by atoms with E-state index >= 15 is 0 Å². The number of isocyanates is 2. The average Bonchev–Trinajstić information content (AvgIpc) is 2.64. The van der Waals surface area contributed by atoms with Crippen LogP contribution in [0.1, 0.15) is 63.5 Å². The van der Waals surface area contributed by atoms with Crippen LogP contribution in [0.3, 0.4) is 0 Å². The standard InChI is InChI=1S/C17H21N5O5/c23-9-18-11-1-5-13(6-2-11)21-15(25)20-16(26)22(17(21)27)14-7-3-12(4-8-14)19-10-24/h11-14H,1-8H2,(H,20,25,26). The van der Waals surface area contributed by atoms with E-state index in [0.717, 1.165) is 9.13 Å². The highest BCUT2D eigenvalue weighted by atomic mass is 16.2. The quantitative estimate of drug-likeness (QED) is 0.598. The lowest BCUT2D eigenvalue weighted by Gasteiger charge is -2.29. The Bertz CT molecular complexity index is 874. The molecule has 3 rings (SSSR count). The predicted molar refractivity (Wildman–Crippen MR) is 94.4 cm³/mol. The Morgan fingerprint density at radius 2 is 1.07 bits per heavy atom. The van der Waals surface area contributed by atoms with Gasteiger partial charge in [-0.3, -0.25) is 4.98 Å². The second-order valence-electron chi connectivity index (χ2n) is 7.12. The van der Waals surface area contributed by atoms with E-state index in [2.05, 4.69) is 15.0 Å². The number of H-pyrrole nitrogens is 1. The lowest BCUT2D eigenvalue weighted by atomic mass is 9.91. The summed E-state index contributed by atoms with van der Waals surface area (Å²) in [6.07, 6.45) is 7.53. The molecule has 27 heavy (non-hydrogen) atoms. The summed E-state index contributed by atoms with van der Waals surface area (Å²) in [5, 5.41) is 0. The van der Waals surface area contributed by atoms with Gasteiger partial charge in [0.05, 0.1) is 12.1 Å². The third-order valence-corrected chi connectivity index (χ3v) is 5.60. The largest absolute Gasteiger partial charge is 0.336 e. The lowest BCUT2D eigenvalue weighted by molar-refractivity contribution is 0.268. The van der Waals surface area contributed by atoms with E-state index in [0.29, 0.717) is 51.4 Å². The van der Waals surface area contributed by atoms with Gasteiger partial charge in [-0.25, -0.2) is 43.1 Å². The van der Waals surface area contributed by atoms with Crippen LogP contribution >= 0.6 is 0 Å². The van der Waals surface area contributed by atoms with Gasteiger partial charge in [0.2, 0.25) is 12.2 Å². The van der Waals surface area contributed by atoms with Crippen LogP contribution in [-0.2, 0) is 9.59 Å². The summed E-state index contributed by atoms with van der Waals surface area (Å²) < 4.78 is 2.25. The van der Waals surface area contributed by atoms with E-state index in [1.165, 1.54) is 0 Å². The molecule has 0 unspecified atom stereocenters. The Hall–Kier alpha value is -2.83. The van der Waals surface area contributed by atoms with Gasteiger partial charge in [-0.2, -0.15) is 0 Å². The van der Waals surface area contributed by atoms with Crippen LogP contribution in [0.5, 0.6) is 0 Å². The third-order valence-electron chi connectivity index (χ3n) is 5.60. The first-order valence-corrected chi connectivity index (χ1v) is 9.16. The third kappa shape index (κ3) is 3.97. The number of rotatable bonds is 4. The van der Waals surface area contributed by atoms with Crippen molar-refractivity contribution in [3.63, 3.8) is 0 Å². The second-order valence-corrected chi connectivity index (χ2v) is 7.12. The van der Waals surface area contributed by atoms with Crippen LogP contribution in [0, 0.1) is 0 Å².